The van der Waals surface area contributed by atoms with Crippen LogP contribution in [-0.4, -0.2) is 39.4 Å². The number of carbonyl (C=O) groups is 4. The lowest BCUT2D eigenvalue weighted by Gasteiger charge is -2.15. The van der Waals surface area contributed by atoms with Crippen molar-refractivity contribution in [2.24, 2.45) is 4.99 Å². The second-order valence-corrected chi connectivity index (χ2v) is 9.01. The quantitative estimate of drug-likeness (QED) is 0.177. The standard InChI is InChI=1S/C26H37N5O6/c1-3-5-7-9-11-13-21(32)28-19-15-17(23(34)30-25(19)36)27-18-16-20(26(37)31-24(18)35)29-22(33)14-12-10-8-6-4-2/h15-16H,3-14H2,1-2H3,(H,28,32)(H,29,33)(H,30,34,36)(H2,31,35,37). The molecule has 1 aromatic heterocycles. The van der Waals surface area contributed by atoms with Crippen molar-refractivity contribution in [1.82, 2.24) is 15.6 Å². The van der Waals surface area contributed by atoms with Crippen LogP contribution < -0.4 is 21.5 Å². The summed E-state index contributed by atoms with van der Waals surface area (Å²) in [5, 5.41) is 17.2. The molecule has 5 N–H and O–H groups in total. The average molecular weight is 516 g/mol. The van der Waals surface area contributed by atoms with Crippen LogP contribution in [0.15, 0.2) is 27.6 Å². The number of anilines is 1. The van der Waals surface area contributed by atoms with Gasteiger partial charge in [-0.05, 0) is 25.0 Å². The van der Waals surface area contributed by atoms with Crippen molar-refractivity contribution < 1.29 is 24.3 Å². The van der Waals surface area contributed by atoms with E-state index >= 15 is 0 Å². The Morgan fingerprint density at radius 3 is 2.00 bits per heavy atom. The third-order valence-electron chi connectivity index (χ3n) is 5.79. The van der Waals surface area contributed by atoms with Gasteiger partial charge in [0.1, 0.15) is 22.8 Å². The van der Waals surface area contributed by atoms with Gasteiger partial charge in [0.25, 0.3) is 17.4 Å². The number of aromatic nitrogens is 1. The van der Waals surface area contributed by atoms with Crippen molar-refractivity contribution in [3.05, 3.63) is 28.2 Å². The summed E-state index contributed by atoms with van der Waals surface area (Å²) in [6.45, 7) is 4.20. The molecular weight excluding hydrogens is 478 g/mol. The molecule has 0 bridgehead atoms. The van der Waals surface area contributed by atoms with Crippen LogP contribution in [0.2, 0.25) is 0 Å². The third-order valence-corrected chi connectivity index (χ3v) is 5.79. The molecule has 37 heavy (non-hydrogen) atoms. The fourth-order valence-electron chi connectivity index (χ4n) is 3.70. The zero-order valence-corrected chi connectivity index (χ0v) is 21.6. The van der Waals surface area contributed by atoms with Crippen molar-refractivity contribution >= 4 is 40.7 Å². The van der Waals surface area contributed by atoms with Gasteiger partial charge < -0.3 is 15.7 Å². The number of pyridine rings is 1. The van der Waals surface area contributed by atoms with Crippen molar-refractivity contribution in [2.75, 3.05) is 5.32 Å². The lowest BCUT2D eigenvalue weighted by molar-refractivity contribution is -0.127. The molecular formula is C26H37N5O6. The average Bonchev–Trinajstić information content (AvgIpc) is 2.84. The molecule has 2 rings (SSSR count). The van der Waals surface area contributed by atoms with Crippen LogP contribution in [-0.2, 0) is 19.2 Å². The van der Waals surface area contributed by atoms with Crippen molar-refractivity contribution in [3.63, 3.8) is 0 Å². The van der Waals surface area contributed by atoms with Crippen LogP contribution in [0.3, 0.4) is 0 Å². The molecule has 0 aromatic carbocycles. The van der Waals surface area contributed by atoms with Gasteiger partial charge in [-0.1, -0.05) is 65.2 Å². The highest BCUT2D eigenvalue weighted by molar-refractivity contribution is 6.49. The molecule has 0 saturated heterocycles. The van der Waals surface area contributed by atoms with Gasteiger partial charge in [-0.3, -0.25) is 34.3 Å². The Kier molecular flexibility index (Phi) is 12.2. The highest BCUT2D eigenvalue weighted by Gasteiger charge is 2.25. The lowest BCUT2D eigenvalue weighted by atomic mass is 10.1. The minimum absolute atomic E-state index is 0.136. The summed E-state index contributed by atoms with van der Waals surface area (Å²) in [5.41, 5.74) is -1.49. The summed E-state index contributed by atoms with van der Waals surface area (Å²) >= 11 is 0. The van der Waals surface area contributed by atoms with E-state index in [4.69, 9.17) is 0 Å². The first-order valence-corrected chi connectivity index (χ1v) is 13.0. The Hall–Kier alpha value is -3.76. The number of amides is 4. The zero-order valence-electron chi connectivity index (χ0n) is 21.6. The van der Waals surface area contributed by atoms with Crippen molar-refractivity contribution in [2.45, 2.75) is 90.9 Å². The Balaban J connectivity index is 2.12. The molecule has 11 nitrogen and oxygen atoms in total. The molecule has 1 aliphatic heterocycles. The number of hydrogen-bond acceptors (Lipinski definition) is 7. The highest BCUT2D eigenvalue weighted by Crippen LogP contribution is 2.25. The fraction of sp³-hybridized carbons (Fsp3) is 0.538. The first kappa shape index (κ1) is 29.5. The third kappa shape index (κ3) is 10.0. The van der Waals surface area contributed by atoms with Gasteiger partial charge in [0.15, 0.2) is 0 Å². The summed E-state index contributed by atoms with van der Waals surface area (Å²) in [6, 6.07) is 1.14. The van der Waals surface area contributed by atoms with Gasteiger partial charge in [-0.2, -0.15) is 0 Å². The number of hydrogen-bond donors (Lipinski definition) is 5. The number of aliphatic imine (C=N–C) groups is 1. The summed E-state index contributed by atoms with van der Waals surface area (Å²) in [7, 11) is 0. The van der Waals surface area contributed by atoms with Gasteiger partial charge in [-0.25, -0.2) is 4.99 Å². The number of carbonyl (C=O) groups excluding carboxylic acids is 4. The van der Waals surface area contributed by atoms with Crippen LogP contribution >= 0.6 is 0 Å². The Bertz CT molecular complexity index is 1110. The summed E-state index contributed by atoms with van der Waals surface area (Å²) in [5.74, 6) is -2.96. The summed E-state index contributed by atoms with van der Waals surface area (Å²) in [6.07, 6.45) is 11.2. The molecule has 0 aliphatic carbocycles. The first-order valence-electron chi connectivity index (χ1n) is 13.0. The van der Waals surface area contributed by atoms with E-state index in [-0.39, 0.29) is 47.4 Å². The topological polar surface area (TPSA) is 170 Å². The monoisotopic (exact) mass is 515 g/mol. The molecule has 0 unspecified atom stereocenters. The molecule has 0 saturated carbocycles. The number of rotatable bonds is 15. The van der Waals surface area contributed by atoms with Crippen LogP contribution in [0.1, 0.15) is 90.9 Å². The number of imide groups is 1. The smallest absolute Gasteiger partial charge is 0.276 e. The molecule has 0 atom stereocenters. The molecule has 202 valence electrons. The molecule has 4 amide bonds. The van der Waals surface area contributed by atoms with E-state index in [1.165, 1.54) is 0 Å². The predicted octanol–water partition coefficient (Wildman–Crippen LogP) is 3.47. The van der Waals surface area contributed by atoms with E-state index in [0.717, 1.165) is 63.5 Å². The van der Waals surface area contributed by atoms with Crippen molar-refractivity contribution in [1.29, 1.82) is 0 Å². The van der Waals surface area contributed by atoms with Crippen LogP contribution in [0, 0.1) is 0 Å². The normalized spacial score (nSPS) is 14.3. The predicted molar refractivity (Wildman–Crippen MR) is 141 cm³/mol. The SMILES string of the molecule is CCCCCCCC(=O)NC1=CC(=Nc2cc(NC(=O)CCCCCCC)c(=O)[nH]c2O)C(=O)NC1=O. The summed E-state index contributed by atoms with van der Waals surface area (Å²) < 4.78 is 0. The Labute approximate surface area is 216 Å². The molecule has 2 heterocycles. The summed E-state index contributed by atoms with van der Waals surface area (Å²) in [4.78, 5) is 67.4. The number of aromatic amines is 1. The molecule has 1 aromatic rings. The van der Waals surface area contributed by atoms with Gasteiger partial charge >= 0.3 is 0 Å². The maximum absolute atomic E-state index is 12.3. The molecule has 0 radical (unpaired) electrons. The maximum atomic E-state index is 12.3. The molecule has 0 fully saturated rings. The van der Waals surface area contributed by atoms with E-state index in [1.54, 1.807) is 0 Å². The molecule has 0 spiro atoms. The number of aromatic hydroxyl groups is 1. The van der Waals surface area contributed by atoms with Gasteiger partial charge in [0.2, 0.25) is 17.7 Å². The minimum atomic E-state index is -0.842. The van der Waals surface area contributed by atoms with Gasteiger partial charge in [-0.15, -0.1) is 0 Å². The van der Waals surface area contributed by atoms with E-state index in [0.29, 0.717) is 12.8 Å². The number of unbranched alkanes of at least 4 members (excludes halogenated alkanes) is 8. The van der Waals surface area contributed by atoms with Crippen LogP contribution in [0.5, 0.6) is 5.88 Å². The Morgan fingerprint density at radius 2 is 1.41 bits per heavy atom. The van der Waals surface area contributed by atoms with Crippen LogP contribution in [0.25, 0.3) is 0 Å². The zero-order chi connectivity index (χ0) is 27.2. The van der Waals surface area contributed by atoms with E-state index in [1.807, 2.05) is 0 Å². The minimum Gasteiger partial charge on any atom is -0.493 e. The second kappa shape index (κ2) is 15.4. The van der Waals surface area contributed by atoms with E-state index in [9.17, 15) is 29.1 Å². The van der Waals surface area contributed by atoms with Crippen LogP contribution in [0.4, 0.5) is 11.4 Å². The number of nitrogens with one attached hydrogen (secondary N) is 4. The van der Waals surface area contributed by atoms with E-state index in [2.05, 4.69) is 39.8 Å². The first-order chi connectivity index (χ1) is 17.7. The number of nitrogens with zero attached hydrogens (tertiary/aromatic N) is 1. The number of H-pyrrole nitrogens is 1. The van der Waals surface area contributed by atoms with Crippen molar-refractivity contribution in [3.8, 4) is 5.88 Å². The van der Waals surface area contributed by atoms with Gasteiger partial charge in [0, 0.05) is 12.8 Å². The fourth-order valence-corrected chi connectivity index (χ4v) is 3.70. The maximum Gasteiger partial charge on any atom is 0.276 e. The molecule has 1 aliphatic rings. The second-order valence-electron chi connectivity index (χ2n) is 9.01. The largest absolute Gasteiger partial charge is 0.493 e. The van der Waals surface area contributed by atoms with Gasteiger partial charge in [0.05, 0.1) is 0 Å². The molecule has 11 heteroatoms. The lowest BCUT2D eigenvalue weighted by Crippen LogP contribution is -2.45. The Morgan fingerprint density at radius 1 is 0.838 bits per heavy atom. The highest BCUT2D eigenvalue weighted by atomic mass is 16.3. The van der Waals surface area contributed by atoms with E-state index < -0.39 is 23.3 Å².